The van der Waals surface area contributed by atoms with Crippen LogP contribution in [0.4, 0.5) is 0 Å². The van der Waals surface area contributed by atoms with Crippen molar-refractivity contribution in [3.8, 4) is 5.75 Å². The normalized spacial score (nSPS) is 16.6. The van der Waals surface area contributed by atoms with Crippen molar-refractivity contribution in [2.24, 2.45) is 0 Å². The van der Waals surface area contributed by atoms with E-state index in [-0.39, 0.29) is 0 Å². The van der Waals surface area contributed by atoms with E-state index in [0.717, 1.165) is 44.6 Å². The standard InChI is InChI=1S/C19H24N2O/c1-16-6-2-3-8-19(16)22-18-10-14-21(15-11-18)13-9-17-7-4-5-12-20-17/h2-8,12,18H,9-11,13-15H2,1H3. The molecule has 22 heavy (non-hydrogen) atoms. The van der Waals surface area contributed by atoms with Gasteiger partial charge in [-0.05, 0) is 43.5 Å². The molecular formula is C19H24N2O. The third kappa shape index (κ3) is 4.08. The van der Waals surface area contributed by atoms with Gasteiger partial charge in [0.2, 0.25) is 0 Å². The number of rotatable bonds is 5. The van der Waals surface area contributed by atoms with E-state index in [1.807, 2.05) is 18.3 Å². The summed E-state index contributed by atoms with van der Waals surface area (Å²) in [6.45, 7) is 5.43. The molecule has 0 unspecified atom stereocenters. The number of nitrogens with zero attached hydrogens (tertiary/aromatic N) is 2. The Morgan fingerprint density at radius 2 is 1.86 bits per heavy atom. The lowest BCUT2D eigenvalue weighted by molar-refractivity contribution is 0.101. The lowest BCUT2D eigenvalue weighted by Gasteiger charge is -2.32. The predicted molar refractivity (Wildman–Crippen MR) is 89.2 cm³/mol. The Labute approximate surface area is 132 Å². The van der Waals surface area contributed by atoms with Crippen molar-refractivity contribution in [3.63, 3.8) is 0 Å². The Kier molecular flexibility index (Phi) is 5.07. The number of aromatic nitrogens is 1. The van der Waals surface area contributed by atoms with Crippen molar-refractivity contribution in [1.29, 1.82) is 0 Å². The molecule has 116 valence electrons. The van der Waals surface area contributed by atoms with Crippen LogP contribution in [0, 0.1) is 6.92 Å². The minimum Gasteiger partial charge on any atom is -0.490 e. The SMILES string of the molecule is Cc1ccccc1OC1CCN(CCc2ccccn2)CC1. The molecule has 2 heterocycles. The Balaban J connectivity index is 1.44. The van der Waals surface area contributed by atoms with Gasteiger partial charge in [0.15, 0.2) is 0 Å². The van der Waals surface area contributed by atoms with Crippen molar-refractivity contribution in [2.75, 3.05) is 19.6 Å². The zero-order chi connectivity index (χ0) is 15.2. The summed E-state index contributed by atoms with van der Waals surface area (Å²) in [7, 11) is 0. The summed E-state index contributed by atoms with van der Waals surface area (Å²) >= 11 is 0. The maximum Gasteiger partial charge on any atom is 0.122 e. The highest BCUT2D eigenvalue weighted by Crippen LogP contribution is 2.22. The van der Waals surface area contributed by atoms with E-state index in [1.54, 1.807) is 0 Å². The first-order valence-corrected chi connectivity index (χ1v) is 8.16. The molecule has 1 aromatic heterocycles. The Morgan fingerprint density at radius 3 is 2.59 bits per heavy atom. The summed E-state index contributed by atoms with van der Waals surface area (Å²) in [5.74, 6) is 1.04. The van der Waals surface area contributed by atoms with E-state index in [2.05, 4.69) is 47.1 Å². The average molecular weight is 296 g/mol. The van der Waals surface area contributed by atoms with Crippen molar-refractivity contribution in [1.82, 2.24) is 9.88 Å². The number of benzene rings is 1. The fourth-order valence-electron chi connectivity index (χ4n) is 2.94. The van der Waals surface area contributed by atoms with Gasteiger partial charge in [0.05, 0.1) is 0 Å². The maximum atomic E-state index is 6.16. The van der Waals surface area contributed by atoms with Gasteiger partial charge in [-0.25, -0.2) is 0 Å². The molecule has 0 atom stereocenters. The summed E-state index contributed by atoms with van der Waals surface area (Å²) < 4.78 is 6.16. The van der Waals surface area contributed by atoms with E-state index < -0.39 is 0 Å². The van der Waals surface area contributed by atoms with Crippen LogP contribution in [0.1, 0.15) is 24.1 Å². The molecule has 1 aromatic carbocycles. The summed E-state index contributed by atoms with van der Waals surface area (Å²) in [4.78, 5) is 6.91. The second-order valence-corrected chi connectivity index (χ2v) is 6.00. The van der Waals surface area contributed by atoms with Crippen molar-refractivity contribution in [3.05, 3.63) is 59.9 Å². The van der Waals surface area contributed by atoms with Crippen LogP contribution in [0.2, 0.25) is 0 Å². The van der Waals surface area contributed by atoms with Gasteiger partial charge in [0.1, 0.15) is 11.9 Å². The van der Waals surface area contributed by atoms with E-state index in [1.165, 1.54) is 11.3 Å². The first-order valence-electron chi connectivity index (χ1n) is 8.16. The summed E-state index contributed by atoms with van der Waals surface area (Å²) in [5, 5.41) is 0. The molecular weight excluding hydrogens is 272 g/mol. The van der Waals surface area contributed by atoms with Gasteiger partial charge in [-0.15, -0.1) is 0 Å². The zero-order valence-corrected chi connectivity index (χ0v) is 13.2. The summed E-state index contributed by atoms with van der Waals surface area (Å²) in [6.07, 6.45) is 5.47. The molecule has 0 radical (unpaired) electrons. The minimum atomic E-state index is 0.354. The Morgan fingerprint density at radius 1 is 1.09 bits per heavy atom. The van der Waals surface area contributed by atoms with E-state index >= 15 is 0 Å². The van der Waals surface area contributed by atoms with Gasteiger partial charge >= 0.3 is 0 Å². The van der Waals surface area contributed by atoms with Gasteiger partial charge in [-0.2, -0.15) is 0 Å². The number of pyridine rings is 1. The molecule has 1 aliphatic heterocycles. The molecule has 0 bridgehead atoms. The molecule has 1 saturated heterocycles. The van der Waals surface area contributed by atoms with Crippen LogP contribution in [0.15, 0.2) is 48.7 Å². The van der Waals surface area contributed by atoms with Gasteiger partial charge in [-0.1, -0.05) is 24.3 Å². The van der Waals surface area contributed by atoms with Crippen LogP contribution in [0.25, 0.3) is 0 Å². The number of piperidine rings is 1. The quantitative estimate of drug-likeness (QED) is 0.844. The Bertz CT molecular complexity index is 577. The van der Waals surface area contributed by atoms with E-state index in [9.17, 15) is 0 Å². The lowest BCUT2D eigenvalue weighted by atomic mass is 10.1. The maximum absolute atomic E-state index is 6.16. The second kappa shape index (κ2) is 7.41. The highest BCUT2D eigenvalue weighted by molar-refractivity contribution is 5.31. The highest BCUT2D eigenvalue weighted by Gasteiger charge is 2.20. The van der Waals surface area contributed by atoms with Gasteiger partial charge in [-0.3, -0.25) is 4.98 Å². The fourth-order valence-corrected chi connectivity index (χ4v) is 2.94. The molecule has 3 heteroatoms. The van der Waals surface area contributed by atoms with Gasteiger partial charge in [0, 0.05) is 37.9 Å². The first-order chi connectivity index (χ1) is 10.8. The van der Waals surface area contributed by atoms with Crippen molar-refractivity contribution in [2.45, 2.75) is 32.3 Å². The number of hydrogen-bond donors (Lipinski definition) is 0. The fraction of sp³-hybridized carbons (Fsp3) is 0.421. The smallest absolute Gasteiger partial charge is 0.122 e. The topological polar surface area (TPSA) is 25.4 Å². The molecule has 3 nitrogen and oxygen atoms in total. The van der Waals surface area contributed by atoms with Crippen molar-refractivity contribution >= 4 is 0 Å². The molecule has 1 aliphatic rings. The average Bonchev–Trinajstić information content (AvgIpc) is 2.57. The molecule has 0 N–H and O–H groups in total. The van der Waals surface area contributed by atoms with Crippen LogP contribution >= 0.6 is 0 Å². The molecule has 0 saturated carbocycles. The third-order valence-corrected chi connectivity index (χ3v) is 4.33. The first kappa shape index (κ1) is 15.0. The highest BCUT2D eigenvalue weighted by atomic mass is 16.5. The van der Waals surface area contributed by atoms with Crippen LogP contribution < -0.4 is 4.74 Å². The molecule has 0 spiro atoms. The molecule has 3 rings (SSSR count). The molecule has 0 amide bonds. The second-order valence-electron chi connectivity index (χ2n) is 6.00. The van der Waals surface area contributed by atoms with Gasteiger partial charge in [0.25, 0.3) is 0 Å². The third-order valence-electron chi connectivity index (χ3n) is 4.33. The van der Waals surface area contributed by atoms with Crippen LogP contribution in [0.5, 0.6) is 5.75 Å². The molecule has 2 aromatic rings. The van der Waals surface area contributed by atoms with E-state index in [4.69, 9.17) is 4.74 Å². The monoisotopic (exact) mass is 296 g/mol. The summed E-state index contributed by atoms with van der Waals surface area (Å²) in [6, 6.07) is 14.4. The minimum absolute atomic E-state index is 0.354. The zero-order valence-electron chi connectivity index (χ0n) is 13.2. The lowest BCUT2D eigenvalue weighted by Crippen LogP contribution is -2.39. The summed E-state index contributed by atoms with van der Waals surface area (Å²) in [5.41, 5.74) is 2.40. The van der Waals surface area contributed by atoms with Crippen molar-refractivity contribution < 1.29 is 4.74 Å². The van der Waals surface area contributed by atoms with Crippen LogP contribution in [-0.2, 0) is 6.42 Å². The molecule has 1 fully saturated rings. The van der Waals surface area contributed by atoms with Gasteiger partial charge < -0.3 is 9.64 Å². The number of aryl methyl sites for hydroxylation is 1. The van der Waals surface area contributed by atoms with Crippen LogP contribution in [0.3, 0.4) is 0 Å². The molecule has 0 aliphatic carbocycles. The largest absolute Gasteiger partial charge is 0.490 e. The Hall–Kier alpha value is -1.87. The van der Waals surface area contributed by atoms with Crippen LogP contribution in [-0.4, -0.2) is 35.6 Å². The number of likely N-dealkylation sites (tertiary alicyclic amines) is 1. The number of ether oxygens (including phenoxy) is 1. The van der Waals surface area contributed by atoms with E-state index in [0.29, 0.717) is 6.10 Å². The number of hydrogen-bond acceptors (Lipinski definition) is 3. The number of para-hydroxylation sites is 1. The predicted octanol–water partition coefficient (Wildman–Crippen LogP) is 3.48.